The third-order valence-electron chi connectivity index (χ3n) is 4.41. The Kier molecular flexibility index (Phi) is 7.06. The number of nitrogens with zero attached hydrogens (tertiary/aromatic N) is 1. The molecule has 0 spiro atoms. The smallest absolute Gasteiger partial charge is 0.251 e. The highest BCUT2D eigenvalue weighted by Crippen LogP contribution is 2.20. The van der Waals surface area contributed by atoms with Crippen LogP contribution in [0.1, 0.15) is 42.6 Å². The summed E-state index contributed by atoms with van der Waals surface area (Å²) in [7, 11) is 1.67. The Balaban J connectivity index is 1.68. The van der Waals surface area contributed by atoms with Crippen molar-refractivity contribution in [2.45, 2.75) is 33.3 Å². The first-order valence-electron chi connectivity index (χ1n) is 8.67. The zero-order valence-electron chi connectivity index (χ0n) is 14.7. The van der Waals surface area contributed by atoms with E-state index in [1.165, 1.54) is 19.5 Å². The summed E-state index contributed by atoms with van der Waals surface area (Å²) in [5.74, 6) is 1.59. The molecule has 0 bridgehead atoms. The third kappa shape index (κ3) is 5.96. The lowest BCUT2D eigenvalue weighted by Crippen LogP contribution is -2.40. The highest BCUT2D eigenvalue weighted by atomic mass is 16.5. The second kappa shape index (κ2) is 9.04. The van der Waals surface area contributed by atoms with Crippen molar-refractivity contribution in [2.24, 2.45) is 11.8 Å². The molecule has 0 radical (unpaired) electrons. The van der Waals surface area contributed by atoms with E-state index in [-0.39, 0.29) is 5.91 Å². The van der Waals surface area contributed by atoms with Crippen LogP contribution in [0.4, 0.5) is 0 Å². The van der Waals surface area contributed by atoms with Crippen LogP contribution < -0.4 is 5.32 Å². The van der Waals surface area contributed by atoms with Gasteiger partial charge in [-0.15, -0.1) is 0 Å². The molecule has 1 N–H and O–H groups in total. The molecule has 2 rings (SSSR count). The van der Waals surface area contributed by atoms with E-state index in [0.717, 1.165) is 36.9 Å². The van der Waals surface area contributed by atoms with Gasteiger partial charge in [-0.25, -0.2) is 0 Å². The standard InChI is InChI=1S/C19H30N2O2/c1-15-11-16(2)13-21(12-15)10-4-9-20-19(22)18-7-5-17(6-8-18)14-23-3/h5-8,15-16H,4,9-14H2,1-3H3,(H,20,22)/t15-,16+. The highest BCUT2D eigenvalue weighted by molar-refractivity contribution is 5.94. The van der Waals surface area contributed by atoms with E-state index in [1.807, 2.05) is 24.3 Å². The number of piperidine rings is 1. The average molecular weight is 318 g/mol. The van der Waals surface area contributed by atoms with E-state index in [4.69, 9.17) is 4.74 Å². The van der Waals surface area contributed by atoms with Crippen molar-refractivity contribution < 1.29 is 9.53 Å². The zero-order valence-corrected chi connectivity index (χ0v) is 14.7. The van der Waals surface area contributed by atoms with Crippen LogP contribution in [0, 0.1) is 11.8 Å². The molecule has 1 aromatic rings. The summed E-state index contributed by atoms with van der Waals surface area (Å²) < 4.78 is 5.08. The number of rotatable bonds is 7. The number of benzene rings is 1. The van der Waals surface area contributed by atoms with Gasteiger partial charge in [-0.2, -0.15) is 0 Å². The Morgan fingerprint density at radius 1 is 1.22 bits per heavy atom. The summed E-state index contributed by atoms with van der Waals surface area (Å²) in [5.41, 5.74) is 1.79. The first-order valence-corrected chi connectivity index (χ1v) is 8.67. The topological polar surface area (TPSA) is 41.6 Å². The van der Waals surface area contributed by atoms with Gasteiger partial charge in [0.1, 0.15) is 0 Å². The Labute approximate surface area is 140 Å². The normalized spacial score (nSPS) is 22.0. The summed E-state index contributed by atoms with van der Waals surface area (Å²) in [6, 6.07) is 7.60. The van der Waals surface area contributed by atoms with Gasteiger partial charge < -0.3 is 15.0 Å². The van der Waals surface area contributed by atoms with Crippen molar-refractivity contribution in [2.75, 3.05) is 33.3 Å². The van der Waals surface area contributed by atoms with Crippen LogP contribution in [0.5, 0.6) is 0 Å². The van der Waals surface area contributed by atoms with Gasteiger partial charge in [-0.3, -0.25) is 4.79 Å². The Morgan fingerprint density at radius 2 is 1.87 bits per heavy atom. The predicted molar refractivity (Wildman–Crippen MR) is 93.5 cm³/mol. The third-order valence-corrected chi connectivity index (χ3v) is 4.41. The molecule has 2 atom stereocenters. The first kappa shape index (κ1) is 18.0. The van der Waals surface area contributed by atoms with Gasteiger partial charge in [-0.1, -0.05) is 26.0 Å². The predicted octanol–water partition coefficient (Wildman–Crippen LogP) is 2.93. The molecule has 0 unspecified atom stereocenters. The second-order valence-corrected chi connectivity index (χ2v) is 6.95. The minimum atomic E-state index is 0.00865. The van der Waals surface area contributed by atoms with Crippen LogP contribution in [0.15, 0.2) is 24.3 Å². The molecule has 1 saturated heterocycles. The molecule has 23 heavy (non-hydrogen) atoms. The number of nitrogens with one attached hydrogen (secondary N) is 1. The molecule has 1 aromatic carbocycles. The molecule has 0 saturated carbocycles. The summed E-state index contributed by atoms with van der Waals surface area (Å²) >= 11 is 0. The van der Waals surface area contributed by atoms with Gasteiger partial charge in [0.15, 0.2) is 0 Å². The van der Waals surface area contributed by atoms with Crippen molar-refractivity contribution in [1.29, 1.82) is 0 Å². The lowest BCUT2D eigenvalue weighted by Gasteiger charge is -2.34. The Morgan fingerprint density at radius 3 is 2.48 bits per heavy atom. The van der Waals surface area contributed by atoms with Gasteiger partial charge >= 0.3 is 0 Å². The van der Waals surface area contributed by atoms with Crippen LogP contribution in [0.3, 0.4) is 0 Å². The van der Waals surface area contributed by atoms with E-state index >= 15 is 0 Å². The lowest BCUT2D eigenvalue weighted by atomic mass is 9.92. The number of likely N-dealkylation sites (tertiary alicyclic amines) is 1. The largest absolute Gasteiger partial charge is 0.380 e. The molecule has 1 heterocycles. The van der Waals surface area contributed by atoms with Crippen LogP contribution in [0.25, 0.3) is 0 Å². The SMILES string of the molecule is COCc1ccc(C(=O)NCCCN2C[C@H](C)C[C@H](C)C2)cc1. The summed E-state index contributed by atoms with van der Waals surface area (Å²) in [6.07, 6.45) is 2.35. The monoisotopic (exact) mass is 318 g/mol. The second-order valence-electron chi connectivity index (χ2n) is 6.95. The Bertz CT molecular complexity index is 477. The Hall–Kier alpha value is -1.39. The minimum Gasteiger partial charge on any atom is -0.380 e. The maximum atomic E-state index is 12.1. The first-order chi connectivity index (χ1) is 11.1. The van der Waals surface area contributed by atoms with E-state index in [0.29, 0.717) is 12.2 Å². The number of ether oxygens (including phenoxy) is 1. The summed E-state index contributed by atoms with van der Waals surface area (Å²) in [6.45, 7) is 9.43. The summed E-state index contributed by atoms with van der Waals surface area (Å²) in [4.78, 5) is 14.6. The van der Waals surface area contributed by atoms with Crippen LogP contribution in [0.2, 0.25) is 0 Å². The van der Waals surface area contributed by atoms with Gasteiger partial charge in [0.2, 0.25) is 0 Å². The summed E-state index contributed by atoms with van der Waals surface area (Å²) in [5, 5.41) is 3.02. The number of hydrogen-bond donors (Lipinski definition) is 1. The average Bonchev–Trinajstić information content (AvgIpc) is 2.51. The van der Waals surface area contributed by atoms with Gasteiger partial charge in [0, 0.05) is 32.3 Å². The molecular weight excluding hydrogens is 288 g/mol. The molecule has 1 fully saturated rings. The van der Waals surface area contributed by atoms with Crippen molar-refractivity contribution in [1.82, 2.24) is 10.2 Å². The van der Waals surface area contributed by atoms with Crippen molar-refractivity contribution >= 4 is 5.91 Å². The van der Waals surface area contributed by atoms with Crippen molar-refractivity contribution in [3.8, 4) is 0 Å². The molecule has 1 aliphatic heterocycles. The van der Waals surface area contributed by atoms with E-state index in [1.54, 1.807) is 7.11 Å². The number of hydrogen-bond acceptors (Lipinski definition) is 3. The van der Waals surface area contributed by atoms with Crippen LogP contribution in [-0.2, 0) is 11.3 Å². The molecule has 0 aromatic heterocycles. The minimum absolute atomic E-state index is 0.00865. The quantitative estimate of drug-likeness (QED) is 0.786. The van der Waals surface area contributed by atoms with E-state index < -0.39 is 0 Å². The van der Waals surface area contributed by atoms with E-state index in [2.05, 4.69) is 24.1 Å². The number of carbonyl (C=O) groups is 1. The molecule has 4 heteroatoms. The molecular formula is C19H30N2O2. The van der Waals surface area contributed by atoms with Gasteiger partial charge in [0.05, 0.1) is 6.61 Å². The highest BCUT2D eigenvalue weighted by Gasteiger charge is 2.21. The maximum Gasteiger partial charge on any atom is 0.251 e. The lowest BCUT2D eigenvalue weighted by molar-refractivity contribution is 0.0947. The number of amides is 1. The van der Waals surface area contributed by atoms with Crippen LogP contribution in [-0.4, -0.2) is 44.1 Å². The van der Waals surface area contributed by atoms with Crippen molar-refractivity contribution in [3.63, 3.8) is 0 Å². The number of carbonyl (C=O) groups excluding carboxylic acids is 1. The molecule has 0 aliphatic carbocycles. The van der Waals surface area contributed by atoms with Crippen molar-refractivity contribution in [3.05, 3.63) is 35.4 Å². The molecule has 1 aliphatic rings. The van der Waals surface area contributed by atoms with Gasteiger partial charge in [-0.05, 0) is 48.9 Å². The molecule has 128 valence electrons. The number of methoxy groups -OCH3 is 1. The van der Waals surface area contributed by atoms with Crippen LogP contribution >= 0.6 is 0 Å². The molecule has 4 nitrogen and oxygen atoms in total. The zero-order chi connectivity index (χ0) is 16.7. The van der Waals surface area contributed by atoms with E-state index in [9.17, 15) is 4.79 Å². The fraction of sp³-hybridized carbons (Fsp3) is 0.632. The fourth-order valence-electron chi connectivity index (χ4n) is 3.50. The maximum absolute atomic E-state index is 12.1. The fourth-order valence-corrected chi connectivity index (χ4v) is 3.50. The molecule has 1 amide bonds. The van der Waals surface area contributed by atoms with Gasteiger partial charge in [0.25, 0.3) is 5.91 Å².